The Labute approximate surface area is 68.9 Å². The molecule has 0 N–H and O–H groups in total. The lowest BCUT2D eigenvalue weighted by Gasteiger charge is -2.02. The van der Waals surface area contributed by atoms with Crippen molar-refractivity contribution in [2.45, 2.75) is 33.1 Å². The van der Waals surface area contributed by atoms with E-state index >= 15 is 0 Å². The van der Waals surface area contributed by atoms with Crippen LogP contribution in [0.25, 0.3) is 0 Å². The van der Waals surface area contributed by atoms with E-state index in [0.29, 0.717) is 12.3 Å². The van der Waals surface area contributed by atoms with Crippen LogP contribution in [-0.2, 0) is 9.53 Å². The first-order chi connectivity index (χ1) is 5.16. The highest BCUT2D eigenvalue weighted by Crippen LogP contribution is 2.06. The first kappa shape index (κ1) is 10.6. The van der Waals surface area contributed by atoms with E-state index in [0.717, 1.165) is 12.8 Å². The van der Waals surface area contributed by atoms with Gasteiger partial charge in [-0.25, -0.2) is 0 Å². The van der Waals surface area contributed by atoms with E-state index < -0.39 is 0 Å². The quantitative estimate of drug-likeness (QED) is 0.591. The van der Waals surface area contributed by atoms with Crippen LogP contribution < -0.4 is 0 Å². The third-order valence-corrected chi connectivity index (χ3v) is 1.54. The molecule has 0 aromatic heterocycles. The van der Waals surface area contributed by atoms with Gasteiger partial charge < -0.3 is 4.74 Å². The molecule has 0 aromatic rings. The lowest BCUT2D eigenvalue weighted by molar-refractivity contribution is -0.122. The monoisotopic (exact) mass is 158 g/mol. The van der Waals surface area contributed by atoms with Crippen LogP contribution in [0.1, 0.15) is 33.1 Å². The summed E-state index contributed by atoms with van der Waals surface area (Å²) in [6.45, 7) is 4.61. The Kier molecular flexibility index (Phi) is 6.13. The lowest BCUT2D eigenvalue weighted by atomic mass is 10.1. The predicted molar refractivity (Wildman–Crippen MR) is 45.6 cm³/mol. The summed E-state index contributed by atoms with van der Waals surface area (Å²) in [6, 6.07) is 0. The SMILES string of the molecule is COCC(=O)CCCC(C)C. The van der Waals surface area contributed by atoms with E-state index in [2.05, 4.69) is 13.8 Å². The van der Waals surface area contributed by atoms with Crippen LogP contribution in [0.5, 0.6) is 0 Å². The number of carbonyl (C=O) groups is 1. The number of hydrogen-bond donors (Lipinski definition) is 0. The van der Waals surface area contributed by atoms with E-state index in [1.54, 1.807) is 7.11 Å². The molecule has 0 fully saturated rings. The maximum Gasteiger partial charge on any atom is 0.158 e. The van der Waals surface area contributed by atoms with Gasteiger partial charge in [-0.05, 0) is 12.3 Å². The van der Waals surface area contributed by atoms with Gasteiger partial charge in [0.25, 0.3) is 0 Å². The topological polar surface area (TPSA) is 26.3 Å². The van der Waals surface area contributed by atoms with Crippen LogP contribution in [0.15, 0.2) is 0 Å². The number of ether oxygens (including phenoxy) is 1. The minimum absolute atomic E-state index is 0.216. The van der Waals surface area contributed by atoms with Gasteiger partial charge >= 0.3 is 0 Å². The highest BCUT2D eigenvalue weighted by atomic mass is 16.5. The molecule has 0 unspecified atom stereocenters. The maximum absolute atomic E-state index is 10.9. The van der Waals surface area contributed by atoms with Crippen molar-refractivity contribution in [3.8, 4) is 0 Å². The molecule has 0 aromatic carbocycles. The van der Waals surface area contributed by atoms with Crippen molar-refractivity contribution in [3.05, 3.63) is 0 Å². The predicted octanol–water partition coefficient (Wildman–Crippen LogP) is 2.03. The van der Waals surface area contributed by atoms with E-state index in [1.165, 1.54) is 0 Å². The number of ketones is 1. The van der Waals surface area contributed by atoms with Gasteiger partial charge in [0.15, 0.2) is 5.78 Å². The second-order valence-electron chi connectivity index (χ2n) is 3.26. The first-order valence-electron chi connectivity index (χ1n) is 4.17. The molecule has 2 nitrogen and oxygen atoms in total. The van der Waals surface area contributed by atoms with Gasteiger partial charge in [0.05, 0.1) is 0 Å². The van der Waals surface area contributed by atoms with Crippen molar-refractivity contribution in [2.24, 2.45) is 5.92 Å². The highest BCUT2D eigenvalue weighted by molar-refractivity contribution is 5.79. The normalized spacial score (nSPS) is 10.5. The Bertz CT molecular complexity index is 108. The van der Waals surface area contributed by atoms with Crippen molar-refractivity contribution in [2.75, 3.05) is 13.7 Å². The summed E-state index contributed by atoms with van der Waals surface area (Å²) < 4.78 is 4.71. The Hall–Kier alpha value is -0.370. The van der Waals surface area contributed by atoms with Crippen molar-refractivity contribution in [3.63, 3.8) is 0 Å². The molecule has 11 heavy (non-hydrogen) atoms. The molecule has 0 aliphatic carbocycles. The summed E-state index contributed by atoms with van der Waals surface area (Å²) in [6.07, 6.45) is 2.81. The summed E-state index contributed by atoms with van der Waals surface area (Å²) >= 11 is 0. The molecular formula is C9H18O2. The largest absolute Gasteiger partial charge is 0.377 e. The van der Waals surface area contributed by atoms with Gasteiger partial charge in [0.2, 0.25) is 0 Å². The van der Waals surface area contributed by atoms with E-state index in [-0.39, 0.29) is 12.4 Å². The molecule has 0 heterocycles. The van der Waals surface area contributed by atoms with Gasteiger partial charge in [-0.15, -0.1) is 0 Å². The third-order valence-electron chi connectivity index (χ3n) is 1.54. The van der Waals surface area contributed by atoms with Gasteiger partial charge in [0.1, 0.15) is 6.61 Å². The van der Waals surface area contributed by atoms with E-state index in [4.69, 9.17) is 4.74 Å². The van der Waals surface area contributed by atoms with Crippen LogP contribution in [-0.4, -0.2) is 19.5 Å². The number of rotatable bonds is 6. The van der Waals surface area contributed by atoms with Crippen LogP contribution in [0.2, 0.25) is 0 Å². The van der Waals surface area contributed by atoms with Crippen LogP contribution in [0.3, 0.4) is 0 Å². The van der Waals surface area contributed by atoms with Crippen LogP contribution in [0, 0.1) is 5.92 Å². The average molecular weight is 158 g/mol. The number of carbonyl (C=O) groups excluding carboxylic acids is 1. The number of Topliss-reactive ketones (excluding diaryl/α,β-unsaturated/α-hetero) is 1. The maximum atomic E-state index is 10.9. The fraction of sp³-hybridized carbons (Fsp3) is 0.889. The Morgan fingerprint density at radius 2 is 2.09 bits per heavy atom. The molecule has 0 aliphatic heterocycles. The van der Waals surface area contributed by atoms with Gasteiger partial charge in [0, 0.05) is 13.5 Å². The Morgan fingerprint density at radius 3 is 2.55 bits per heavy atom. The van der Waals surface area contributed by atoms with E-state index in [1.807, 2.05) is 0 Å². The van der Waals surface area contributed by atoms with Gasteiger partial charge in [-0.3, -0.25) is 4.79 Å². The summed E-state index contributed by atoms with van der Waals surface area (Å²) in [7, 11) is 1.56. The minimum atomic E-state index is 0.216. The highest BCUT2D eigenvalue weighted by Gasteiger charge is 2.01. The molecule has 0 bridgehead atoms. The minimum Gasteiger partial charge on any atom is -0.377 e. The summed E-state index contributed by atoms with van der Waals surface area (Å²) in [5, 5.41) is 0. The molecule has 0 saturated carbocycles. The molecule has 0 atom stereocenters. The van der Waals surface area contributed by atoms with Gasteiger partial charge in [-0.1, -0.05) is 20.3 Å². The van der Waals surface area contributed by atoms with Crippen molar-refractivity contribution in [1.82, 2.24) is 0 Å². The summed E-state index contributed by atoms with van der Waals surface area (Å²) in [4.78, 5) is 10.9. The van der Waals surface area contributed by atoms with Crippen molar-refractivity contribution in [1.29, 1.82) is 0 Å². The molecule has 0 saturated heterocycles. The molecular weight excluding hydrogens is 140 g/mol. The standard InChI is InChI=1S/C9H18O2/c1-8(2)5-4-6-9(10)7-11-3/h8H,4-7H2,1-3H3. The number of hydrogen-bond acceptors (Lipinski definition) is 2. The van der Waals surface area contributed by atoms with Crippen LogP contribution >= 0.6 is 0 Å². The second kappa shape index (κ2) is 6.35. The lowest BCUT2D eigenvalue weighted by Crippen LogP contribution is -2.06. The van der Waals surface area contributed by atoms with Gasteiger partial charge in [-0.2, -0.15) is 0 Å². The molecule has 0 radical (unpaired) electrons. The fourth-order valence-electron chi connectivity index (χ4n) is 0.941. The smallest absolute Gasteiger partial charge is 0.158 e. The average Bonchev–Trinajstić information content (AvgIpc) is 1.87. The molecule has 0 rings (SSSR count). The molecule has 0 amide bonds. The molecule has 0 aliphatic rings. The third kappa shape index (κ3) is 7.53. The zero-order chi connectivity index (χ0) is 8.69. The second-order valence-corrected chi connectivity index (χ2v) is 3.26. The Balaban J connectivity index is 3.17. The molecule has 2 heteroatoms. The molecule has 66 valence electrons. The summed E-state index contributed by atoms with van der Waals surface area (Å²) in [5.41, 5.74) is 0. The zero-order valence-corrected chi connectivity index (χ0v) is 7.72. The zero-order valence-electron chi connectivity index (χ0n) is 7.72. The molecule has 0 spiro atoms. The number of methoxy groups -OCH3 is 1. The summed E-state index contributed by atoms with van der Waals surface area (Å²) in [5.74, 6) is 0.915. The van der Waals surface area contributed by atoms with E-state index in [9.17, 15) is 4.79 Å². The van der Waals surface area contributed by atoms with Crippen molar-refractivity contribution < 1.29 is 9.53 Å². The van der Waals surface area contributed by atoms with Crippen molar-refractivity contribution >= 4 is 5.78 Å². The first-order valence-corrected chi connectivity index (χ1v) is 4.17. The fourth-order valence-corrected chi connectivity index (χ4v) is 0.941. The Morgan fingerprint density at radius 1 is 1.45 bits per heavy atom. The van der Waals surface area contributed by atoms with Crippen LogP contribution in [0.4, 0.5) is 0 Å².